The molecule has 1 aliphatic carbocycles. The number of hydrogen-bond acceptors (Lipinski definition) is 4. The average molecular weight is 280 g/mol. The number of hydrogen-bond donors (Lipinski definition) is 1. The molecule has 0 aromatic carbocycles. The third-order valence-corrected chi connectivity index (χ3v) is 5.59. The summed E-state index contributed by atoms with van der Waals surface area (Å²) in [4.78, 5) is 4.54. The summed E-state index contributed by atoms with van der Waals surface area (Å²) in [6.07, 6.45) is 8.34. The average Bonchev–Trinajstić information content (AvgIpc) is 3.00. The molecule has 2 atom stereocenters. The van der Waals surface area contributed by atoms with Crippen LogP contribution in [0, 0.1) is 12.8 Å². The Morgan fingerprint density at radius 2 is 2.32 bits per heavy atom. The van der Waals surface area contributed by atoms with E-state index in [1.54, 1.807) is 11.3 Å². The van der Waals surface area contributed by atoms with Crippen LogP contribution in [0.2, 0.25) is 0 Å². The van der Waals surface area contributed by atoms with Crippen LogP contribution in [0.1, 0.15) is 49.2 Å². The predicted octanol–water partition coefficient (Wildman–Crippen LogP) is 3.06. The van der Waals surface area contributed by atoms with Gasteiger partial charge in [-0.15, -0.1) is 11.3 Å². The Hall–Kier alpha value is -0.450. The molecule has 4 heteroatoms. The monoisotopic (exact) mass is 280 g/mol. The smallest absolute Gasteiger partial charge is 0.0897 e. The fourth-order valence-electron chi connectivity index (χ4n) is 3.71. The molecule has 1 saturated heterocycles. The van der Waals surface area contributed by atoms with E-state index in [1.165, 1.54) is 31.4 Å². The van der Waals surface area contributed by atoms with Gasteiger partial charge in [-0.25, -0.2) is 4.98 Å². The maximum Gasteiger partial charge on any atom is 0.0897 e. The number of nitrogens with two attached hydrogens (primary N) is 1. The van der Waals surface area contributed by atoms with Crippen LogP contribution < -0.4 is 5.73 Å². The number of aryl methyl sites for hydroxylation is 1. The van der Waals surface area contributed by atoms with Crippen molar-refractivity contribution in [2.24, 2.45) is 11.7 Å². The zero-order chi connectivity index (χ0) is 13.3. The SMILES string of the molecule is Cc1nc(CC(N)C2CCOC3(CCCC3)C2)cs1. The summed E-state index contributed by atoms with van der Waals surface area (Å²) in [6, 6.07) is 0.239. The molecule has 3 rings (SSSR count). The Morgan fingerprint density at radius 3 is 3.00 bits per heavy atom. The first kappa shape index (κ1) is 13.5. The van der Waals surface area contributed by atoms with Crippen LogP contribution in [0.4, 0.5) is 0 Å². The fourth-order valence-corrected chi connectivity index (χ4v) is 4.33. The van der Waals surface area contributed by atoms with E-state index in [9.17, 15) is 0 Å². The standard InChI is InChI=1S/C15H24N2OS/c1-11-17-13(10-19-11)8-14(16)12-4-7-18-15(9-12)5-2-3-6-15/h10,12,14H,2-9,16H2,1H3. The van der Waals surface area contributed by atoms with E-state index in [-0.39, 0.29) is 11.6 Å². The van der Waals surface area contributed by atoms with E-state index < -0.39 is 0 Å². The molecule has 106 valence electrons. The van der Waals surface area contributed by atoms with Gasteiger partial charge in [0, 0.05) is 24.4 Å². The van der Waals surface area contributed by atoms with Crippen molar-refractivity contribution >= 4 is 11.3 Å². The lowest BCUT2D eigenvalue weighted by atomic mass is 9.80. The summed E-state index contributed by atoms with van der Waals surface area (Å²) < 4.78 is 6.09. The minimum Gasteiger partial charge on any atom is -0.375 e. The molecule has 2 N–H and O–H groups in total. The summed E-state index contributed by atoms with van der Waals surface area (Å²) in [5.74, 6) is 0.605. The van der Waals surface area contributed by atoms with Gasteiger partial charge >= 0.3 is 0 Å². The van der Waals surface area contributed by atoms with Crippen LogP contribution in [0.25, 0.3) is 0 Å². The van der Waals surface area contributed by atoms with Crippen molar-refractivity contribution in [3.8, 4) is 0 Å². The molecule has 1 aliphatic heterocycles. The molecule has 2 heterocycles. The minimum absolute atomic E-state index is 0.179. The van der Waals surface area contributed by atoms with Gasteiger partial charge in [0.1, 0.15) is 0 Å². The molecule has 1 saturated carbocycles. The lowest BCUT2D eigenvalue weighted by molar-refractivity contribution is -0.0961. The number of aromatic nitrogens is 1. The van der Waals surface area contributed by atoms with Crippen LogP contribution >= 0.6 is 11.3 Å². The highest BCUT2D eigenvalue weighted by Gasteiger charge is 2.41. The van der Waals surface area contributed by atoms with Crippen molar-refractivity contribution < 1.29 is 4.74 Å². The zero-order valence-electron chi connectivity index (χ0n) is 11.7. The van der Waals surface area contributed by atoms with E-state index in [0.29, 0.717) is 5.92 Å². The topological polar surface area (TPSA) is 48.1 Å². The van der Waals surface area contributed by atoms with Crippen molar-refractivity contribution in [2.75, 3.05) is 6.61 Å². The molecule has 19 heavy (non-hydrogen) atoms. The van der Waals surface area contributed by atoms with Gasteiger partial charge < -0.3 is 10.5 Å². The molecule has 2 fully saturated rings. The van der Waals surface area contributed by atoms with Gasteiger partial charge in [0.05, 0.1) is 16.3 Å². The van der Waals surface area contributed by atoms with Crippen molar-refractivity contribution in [3.05, 3.63) is 16.1 Å². The molecule has 2 aliphatic rings. The molecule has 1 aromatic heterocycles. The highest BCUT2D eigenvalue weighted by Crippen LogP contribution is 2.42. The molecule has 2 unspecified atom stereocenters. The maximum absolute atomic E-state index is 6.45. The van der Waals surface area contributed by atoms with Crippen LogP contribution in [0.15, 0.2) is 5.38 Å². The first-order chi connectivity index (χ1) is 9.17. The van der Waals surface area contributed by atoms with E-state index in [1.807, 2.05) is 0 Å². The summed E-state index contributed by atoms with van der Waals surface area (Å²) in [6.45, 7) is 2.95. The molecule has 0 radical (unpaired) electrons. The first-order valence-electron chi connectivity index (χ1n) is 7.47. The lowest BCUT2D eigenvalue weighted by Crippen LogP contribution is -2.44. The molecule has 3 nitrogen and oxygen atoms in total. The van der Waals surface area contributed by atoms with Crippen LogP contribution in [-0.4, -0.2) is 23.2 Å². The number of ether oxygens (including phenoxy) is 1. The van der Waals surface area contributed by atoms with E-state index in [2.05, 4.69) is 17.3 Å². The van der Waals surface area contributed by atoms with E-state index in [0.717, 1.165) is 30.9 Å². The van der Waals surface area contributed by atoms with Gasteiger partial charge in [0.15, 0.2) is 0 Å². The molecule has 1 spiro atoms. The predicted molar refractivity (Wildman–Crippen MR) is 78.4 cm³/mol. The van der Waals surface area contributed by atoms with Crippen molar-refractivity contribution in [1.82, 2.24) is 4.98 Å². The second-order valence-corrected chi connectivity index (χ2v) is 7.28. The van der Waals surface area contributed by atoms with Crippen molar-refractivity contribution in [3.63, 3.8) is 0 Å². The van der Waals surface area contributed by atoms with Gasteiger partial charge in [0.25, 0.3) is 0 Å². The number of nitrogens with zero attached hydrogens (tertiary/aromatic N) is 1. The van der Waals surface area contributed by atoms with Gasteiger partial charge in [-0.1, -0.05) is 12.8 Å². The minimum atomic E-state index is 0.179. The third kappa shape index (κ3) is 3.01. The summed E-state index contributed by atoms with van der Waals surface area (Å²) in [7, 11) is 0. The summed E-state index contributed by atoms with van der Waals surface area (Å²) in [5, 5.41) is 3.29. The summed E-state index contributed by atoms with van der Waals surface area (Å²) in [5.41, 5.74) is 7.80. The largest absolute Gasteiger partial charge is 0.375 e. The highest BCUT2D eigenvalue weighted by atomic mass is 32.1. The van der Waals surface area contributed by atoms with Crippen molar-refractivity contribution in [2.45, 2.75) is 63.5 Å². The Balaban J connectivity index is 1.61. The van der Waals surface area contributed by atoms with Gasteiger partial charge in [-0.2, -0.15) is 0 Å². The van der Waals surface area contributed by atoms with Crippen molar-refractivity contribution in [1.29, 1.82) is 0 Å². The Kier molecular flexibility index (Phi) is 3.92. The fraction of sp³-hybridized carbons (Fsp3) is 0.800. The van der Waals surface area contributed by atoms with Crippen LogP contribution in [0.3, 0.4) is 0 Å². The first-order valence-corrected chi connectivity index (χ1v) is 8.35. The number of thiazole rings is 1. The van der Waals surface area contributed by atoms with Crippen LogP contribution in [-0.2, 0) is 11.2 Å². The quantitative estimate of drug-likeness (QED) is 0.925. The Morgan fingerprint density at radius 1 is 1.53 bits per heavy atom. The molecular weight excluding hydrogens is 256 g/mol. The molecule has 0 bridgehead atoms. The molecular formula is C15H24N2OS. The van der Waals surface area contributed by atoms with Crippen LogP contribution in [0.5, 0.6) is 0 Å². The molecule has 1 aromatic rings. The lowest BCUT2D eigenvalue weighted by Gasteiger charge is -2.40. The van der Waals surface area contributed by atoms with Gasteiger partial charge in [0.2, 0.25) is 0 Å². The summed E-state index contributed by atoms with van der Waals surface area (Å²) >= 11 is 1.72. The second-order valence-electron chi connectivity index (χ2n) is 6.22. The Labute approximate surface area is 119 Å². The Bertz CT molecular complexity index is 426. The van der Waals surface area contributed by atoms with E-state index in [4.69, 9.17) is 10.5 Å². The highest BCUT2D eigenvalue weighted by molar-refractivity contribution is 7.09. The second kappa shape index (κ2) is 5.51. The van der Waals surface area contributed by atoms with Gasteiger partial charge in [-0.3, -0.25) is 0 Å². The molecule has 0 amide bonds. The normalized spacial score (nSPS) is 27.8. The third-order valence-electron chi connectivity index (χ3n) is 4.76. The van der Waals surface area contributed by atoms with Gasteiger partial charge in [-0.05, 0) is 38.5 Å². The number of rotatable bonds is 3. The maximum atomic E-state index is 6.45. The zero-order valence-corrected chi connectivity index (χ0v) is 12.5. The van der Waals surface area contributed by atoms with E-state index >= 15 is 0 Å².